The largest absolute Gasteiger partial charge is 0.462 e. The van der Waals surface area contributed by atoms with Crippen LogP contribution in [0.1, 0.15) is 222 Å². The second-order valence-corrected chi connectivity index (χ2v) is 16.6. The maximum atomic E-state index is 13.3. The molecule has 7 nitrogen and oxygen atoms in total. The number of allylic oxidation sites excluding steroid dienone is 2. The Bertz CT molecular complexity index is 908. The quantitative estimate of drug-likeness (QED) is 0.0266. The van der Waals surface area contributed by atoms with Crippen molar-refractivity contribution in [3.63, 3.8) is 0 Å². The number of unbranched alkanes of at least 4 members (excludes halogenated alkanes) is 16. The van der Waals surface area contributed by atoms with Gasteiger partial charge in [0.1, 0.15) is 19.3 Å². The summed E-state index contributed by atoms with van der Waals surface area (Å²) in [4.78, 5) is 39.8. The highest BCUT2D eigenvalue weighted by Crippen LogP contribution is 2.31. The Morgan fingerprint density at radius 1 is 0.607 bits per heavy atom. The fourth-order valence-corrected chi connectivity index (χ4v) is 6.73. The van der Waals surface area contributed by atoms with Crippen LogP contribution in [0.15, 0.2) is 24.3 Å². The third-order valence-corrected chi connectivity index (χ3v) is 10.5. The lowest BCUT2D eigenvalue weighted by molar-refractivity contribution is -0.155. The average molecular weight is 792 g/mol. The summed E-state index contributed by atoms with van der Waals surface area (Å²) in [5.74, 6) is -0.407. The molecule has 0 radical (unpaired) electrons. The van der Waals surface area contributed by atoms with Crippen molar-refractivity contribution in [3.8, 4) is 0 Å². The van der Waals surface area contributed by atoms with E-state index in [0.717, 1.165) is 116 Å². The lowest BCUT2D eigenvalue weighted by Gasteiger charge is -2.30. The van der Waals surface area contributed by atoms with Gasteiger partial charge in [0.05, 0.1) is 5.92 Å². The van der Waals surface area contributed by atoms with Crippen molar-refractivity contribution >= 4 is 17.9 Å². The minimum Gasteiger partial charge on any atom is -0.462 e. The predicted molar refractivity (Wildman–Crippen MR) is 239 cm³/mol. The summed E-state index contributed by atoms with van der Waals surface area (Å²) in [5, 5.41) is 0. The highest BCUT2D eigenvalue weighted by Gasteiger charge is 2.27. The van der Waals surface area contributed by atoms with Crippen LogP contribution in [0.2, 0.25) is 0 Å². The molecule has 0 bridgehead atoms. The second-order valence-electron chi connectivity index (χ2n) is 16.6. The van der Waals surface area contributed by atoms with E-state index in [1.165, 1.54) is 51.4 Å². The SMILES string of the molecule is CC.CCCCCC/C=C\COC(=O)CCCCCCCC(CCCCCCCC(=O)OC/C=C\CCCCCC)OC(=O)C(C)CC(C)(C)CCN(C)CC. The van der Waals surface area contributed by atoms with E-state index >= 15 is 0 Å². The molecule has 7 heteroatoms. The fourth-order valence-electron chi connectivity index (χ4n) is 6.73. The van der Waals surface area contributed by atoms with Gasteiger partial charge in [-0.1, -0.05) is 157 Å². The first-order valence-electron chi connectivity index (χ1n) is 23.5. The van der Waals surface area contributed by atoms with Crippen LogP contribution < -0.4 is 0 Å². The minimum absolute atomic E-state index is 0.0568. The number of esters is 3. The first kappa shape index (κ1) is 55.9. The van der Waals surface area contributed by atoms with Crippen molar-refractivity contribution in [3.05, 3.63) is 24.3 Å². The molecule has 0 heterocycles. The van der Waals surface area contributed by atoms with Crippen LogP contribution in [0.5, 0.6) is 0 Å². The standard InChI is InChI=1S/C47H87NO6.C2H6/c1-8-11-13-15-17-25-31-39-52-44(49)35-29-23-19-21-27-33-43(54-46(51)42(4)41-47(5,6)37-38-48(7)10-3)34-28-22-20-24-30-36-45(50)53-40-32-26-18-16-14-12-9-2;1-2/h25-26,31-32,42-43H,8-24,27-30,33-41H2,1-7H3;1-2H3/b31-25-,32-26-;. The Balaban J connectivity index is 0. The highest BCUT2D eigenvalue weighted by atomic mass is 16.5. The average Bonchev–Trinajstić information content (AvgIpc) is 3.18. The van der Waals surface area contributed by atoms with Gasteiger partial charge in [0.25, 0.3) is 0 Å². The molecule has 0 saturated heterocycles. The van der Waals surface area contributed by atoms with Crippen LogP contribution in [-0.4, -0.2) is 62.3 Å². The molecule has 330 valence electrons. The van der Waals surface area contributed by atoms with Gasteiger partial charge in [-0.3, -0.25) is 14.4 Å². The molecule has 0 aromatic heterocycles. The first-order valence-corrected chi connectivity index (χ1v) is 23.5. The second kappa shape index (κ2) is 41.0. The van der Waals surface area contributed by atoms with Gasteiger partial charge in [0.2, 0.25) is 0 Å². The van der Waals surface area contributed by atoms with Crippen molar-refractivity contribution in [2.75, 3.05) is 33.4 Å². The summed E-state index contributed by atoms with van der Waals surface area (Å²) in [5.41, 5.74) is 0.0748. The molecule has 0 amide bonds. The Morgan fingerprint density at radius 3 is 1.48 bits per heavy atom. The van der Waals surface area contributed by atoms with Gasteiger partial charge in [0.15, 0.2) is 0 Å². The van der Waals surface area contributed by atoms with Crippen LogP contribution >= 0.6 is 0 Å². The summed E-state index contributed by atoms with van der Waals surface area (Å²) in [6.45, 7) is 20.0. The van der Waals surface area contributed by atoms with Gasteiger partial charge < -0.3 is 19.1 Å². The van der Waals surface area contributed by atoms with Crippen molar-refractivity contribution < 1.29 is 28.6 Å². The molecule has 0 spiro atoms. The number of ether oxygens (including phenoxy) is 3. The van der Waals surface area contributed by atoms with Gasteiger partial charge >= 0.3 is 17.9 Å². The molecule has 0 fully saturated rings. The molecule has 0 aliphatic heterocycles. The van der Waals surface area contributed by atoms with Gasteiger partial charge in [-0.25, -0.2) is 0 Å². The molecule has 0 rings (SSSR count). The molecule has 0 N–H and O–H groups in total. The zero-order valence-electron chi connectivity index (χ0n) is 38.6. The Labute approximate surface area is 347 Å². The van der Waals surface area contributed by atoms with Gasteiger partial charge in [-0.05, 0) is 103 Å². The zero-order chi connectivity index (χ0) is 42.1. The zero-order valence-corrected chi connectivity index (χ0v) is 38.6. The maximum absolute atomic E-state index is 13.3. The molecular formula is C49H93NO6. The van der Waals surface area contributed by atoms with E-state index in [2.05, 4.69) is 58.7 Å². The van der Waals surface area contributed by atoms with E-state index in [1.54, 1.807) is 0 Å². The summed E-state index contributed by atoms with van der Waals surface area (Å²) in [7, 11) is 2.15. The lowest BCUT2D eigenvalue weighted by Crippen LogP contribution is -2.29. The van der Waals surface area contributed by atoms with E-state index < -0.39 is 0 Å². The van der Waals surface area contributed by atoms with E-state index in [0.29, 0.717) is 26.1 Å². The summed E-state index contributed by atoms with van der Waals surface area (Å²) in [6, 6.07) is 0. The van der Waals surface area contributed by atoms with Crippen LogP contribution in [-0.2, 0) is 28.6 Å². The smallest absolute Gasteiger partial charge is 0.308 e. The number of hydrogen-bond donors (Lipinski definition) is 0. The fraction of sp³-hybridized carbons (Fsp3) is 0.857. The lowest BCUT2D eigenvalue weighted by atomic mass is 9.80. The summed E-state index contributed by atoms with van der Waals surface area (Å²) < 4.78 is 16.9. The van der Waals surface area contributed by atoms with Crippen LogP contribution in [0.25, 0.3) is 0 Å². The number of nitrogens with zero attached hydrogens (tertiary/aromatic N) is 1. The third-order valence-electron chi connectivity index (χ3n) is 10.5. The molecule has 56 heavy (non-hydrogen) atoms. The number of carbonyl (C=O) groups excluding carboxylic acids is 3. The van der Waals surface area contributed by atoms with Crippen molar-refractivity contribution in [2.45, 2.75) is 228 Å². The molecular weight excluding hydrogens is 699 g/mol. The van der Waals surface area contributed by atoms with Gasteiger partial charge in [-0.15, -0.1) is 0 Å². The van der Waals surface area contributed by atoms with Crippen molar-refractivity contribution in [2.24, 2.45) is 11.3 Å². The molecule has 0 aromatic carbocycles. The predicted octanol–water partition coefficient (Wildman–Crippen LogP) is 13.9. The van der Waals surface area contributed by atoms with E-state index in [-0.39, 0.29) is 35.3 Å². The molecule has 1 unspecified atom stereocenters. The van der Waals surface area contributed by atoms with Gasteiger partial charge in [-0.2, -0.15) is 0 Å². The molecule has 0 saturated carbocycles. The summed E-state index contributed by atoms with van der Waals surface area (Å²) in [6.07, 6.45) is 34.9. The molecule has 0 aliphatic rings. The monoisotopic (exact) mass is 792 g/mol. The Kier molecular flexibility index (Phi) is 41.0. The normalized spacial score (nSPS) is 12.3. The number of rotatable bonds is 38. The number of hydrogen-bond acceptors (Lipinski definition) is 7. The van der Waals surface area contributed by atoms with E-state index in [9.17, 15) is 14.4 Å². The third kappa shape index (κ3) is 38.7. The van der Waals surface area contributed by atoms with Crippen LogP contribution in [0.3, 0.4) is 0 Å². The topological polar surface area (TPSA) is 82.1 Å². The van der Waals surface area contributed by atoms with Crippen LogP contribution in [0.4, 0.5) is 0 Å². The van der Waals surface area contributed by atoms with Crippen molar-refractivity contribution in [1.82, 2.24) is 4.90 Å². The molecule has 1 atom stereocenters. The first-order chi connectivity index (χ1) is 27.0. The molecule has 0 aromatic rings. The Morgan fingerprint density at radius 2 is 1.04 bits per heavy atom. The van der Waals surface area contributed by atoms with E-state index in [1.807, 2.05) is 32.9 Å². The van der Waals surface area contributed by atoms with Crippen LogP contribution in [0, 0.1) is 11.3 Å². The number of carbonyl (C=O) groups is 3. The van der Waals surface area contributed by atoms with Crippen molar-refractivity contribution in [1.29, 1.82) is 0 Å². The van der Waals surface area contributed by atoms with Gasteiger partial charge in [0, 0.05) is 12.8 Å². The molecule has 0 aliphatic carbocycles. The minimum atomic E-state index is -0.128. The maximum Gasteiger partial charge on any atom is 0.308 e. The van der Waals surface area contributed by atoms with E-state index in [4.69, 9.17) is 14.2 Å². The Hall–Kier alpha value is -2.15. The summed E-state index contributed by atoms with van der Waals surface area (Å²) >= 11 is 0. The highest BCUT2D eigenvalue weighted by molar-refractivity contribution is 5.72.